The van der Waals surface area contributed by atoms with Gasteiger partial charge in [-0.3, -0.25) is 24.2 Å². The third-order valence-corrected chi connectivity index (χ3v) is 5.00. The number of hydrogen-bond donors (Lipinski definition) is 9. The number of rotatable bonds is 17. The van der Waals surface area contributed by atoms with Crippen molar-refractivity contribution >= 4 is 35.6 Å². The lowest BCUT2D eigenvalue weighted by molar-refractivity contribution is -0.142. The van der Waals surface area contributed by atoms with Crippen LogP contribution in [-0.4, -0.2) is 82.6 Å². The standard InChI is InChI=1S/C21H40N8O7/c1-10(2)9-12(22)17(32)29-16(11(3)30)19(34)27-13(5-4-8-26-21(24)25)18(33)28-14(20(35)36)6-7-15(23)31/h10-14,16,30H,4-9,22H2,1-3H3,(H2,23,31)(H,27,34)(H,28,33)(H,29,32)(H,35,36)(H4,24,25,26). The summed E-state index contributed by atoms with van der Waals surface area (Å²) in [5.74, 6) is -4.62. The van der Waals surface area contributed by atoms with Crippen molar-refractivity contribution in [3.05, 3.63) is 0 Å². The quantitative estimate of drug-likeness (QED) is 0.0524. The molecule has 0 spiro atoms. The molecule has 13 N–H and O–H groups in total. The second kappa shape index (κ2) is 16.3. The van der Waals surface area contributed by atoms with Crippen molar-refractivity contribution in [2.24, 2.45) is 33.8 Å². The molecule has 0 radical (unpaired) electrons. The van der Waals surface area contributed by atoms with E-state index < -0.39 is 59.9 Å². The van der Waals surface area contributed by atoms with Gasteiger partial charge in [0.05, 0.1) is 12.1 Å². The number of aliphatic imine (C=N–C) groups is 1. The Hall–Kier alpha value is -3.46. The molecule has 0 fully saturated rings. The summed E-state index contributed by atoms with van der Waals surface area (Å²) in [5, 5.41) is 26.5. The predicted molar refractivity (Wildman–Crippen MR) is 131 cm³/mol. The van der Waals surface area contributed by atoms with E-state index in [4.69, 9.17) is 22.9 Å². The average molecular weight is 517 g/mol. The Morgan fingerprint density at radius 2 is 1.44 bits per heavy atom. The van der Waals surface area contributed by atoms with Crippen LogP contribution in [0.3, 0.4) is 0 Å². The third-order valence-electron chi connectivity index (χ3n) is 5.00. The van der Waals surface area contributed by atoms with Gasteiger partial charge in [-0.25, -0.2) is 4.79 Å². The minimum Gasteiger partial charge on any atom is -0.480 e. The van der Waals surface area contributed by atoms with E-state index in [0.29, 0.717) is 6.42 Å². The van der Waals surface area contributed by atoms with Crippen LogP contribution >= 0.6 is 0 Å². The highest BCUT2D eigenvalue weighted by molar-refractivity contribution is 5.94. The van der Waals surface area contributed by atoms with Crippen LogP contribution < -0.4 is 38.9 Å². The van der Waals surface area contributed by atoms with Crippen molar-refractivity contribution in [1.82, 2.24) is 16.0 Å². The molecule has 0 rings (SSSR count). The smallest absolute Gasteiger partial charge is 0.326 e. The SMILES string of the molecule is CC(C)CC(N)C(=O)NC(C(=O)NC(CCCN=C(N)N)C(=O)NC(CCC(N)=O)C(=O)O)C(C)O. The van der Waals surface area contributed by atoms with Crippen molar-refractivity contribution in [1.29, 1.82) is 0 Å². The summed E-state index contributed by atoms with van der Waals surface area (Å²) in [6, 6.07) is -5.07. The lowest BCUT2D eigenvalue weighted by Crippen LogP contribution is -2.59. The van der Waals surface area contributed by atoms with E-state index in [2.05, 4.69) is 20.9 Å². The Kier molecular flexibility index (Phi) is 14.7. The molecule has 15 nitrogen and oxygen atoms in total. The minimum atomic E-state index is -1.44. The van der Waals surface area contributed by atoms with Crippen molar-refractivity contribution < 1.29 is 34.2 Å². The van der Waals surface area contributed by atoms with Crippen molar-refractivity contribution in [3.8, 4) is 0 Å². The Morgan fingerprint density at radius 3 is 1.92 bits per heavy atom. The molecule has 0 saturated carbocycles. The summed E-state index contributed by atoms with van der Waals surface area (Å²) in [6.07, 6.45) is -1.33. The zero-order valence-electron chi connectivity index (χ0n) is 20.9. The molecule has 15 heteroatoms. The summed E-state index contributed by atoms with van der Waals surface area (Å²) < 4.78 is 0. The van der Waals surface area contributed by atoms with Gasteiger partial charge in [-0.05, 0) is 38.5 Å². The number of nitrogens with zero attached hydrogens (tertiary/aromatic N) is 1. The fraction of sp³-hybridized carbons (Fsp3) is 0.714. The Labute approximate surface area is 209 Å². The van der Waals surface area contributed by atoms with E-state index >= 15 is 0 Å². The van der Waals surface area contributed by atoms with E-state index in [1.165, 1.54) is 6.92 Å². The van der Waals surface area contributed by atoms with E-state index in [9.17, 15) is 34.2 Å². The van der Waals surface area contributed by atoms with Gasteiger partial charge in [0.1, 0.15) is 18.1 Å². The van der Waals surface area contributed by atoms with Gasteiger partial charge in [0.15, 0.2) is 5.96 Å². The van der Waals surface area contributed by atoms with Crippen molar-refractivity contribution in [3.63, 3.8) is 0 Å². The molecule has 0 aliphatic heterocycles. The number of aliphatic carboxylic acids is 1. The largest absolute Gasteiger partial charge is 0.480 e. The van der Waals surface area contributed by atoms with Gasteiger partial charge in [-0.15, -0.1) is 0 Å². The van der Waals surface area contributed by atoms with Gasteiger partial charge in [0.25, 0.3) is 0 Å². The highest BCUT2D eigenvalue weighted by Crippen LogP contribution is 2.06. The number of amides is 4. The highest BCUT2D eigenvalue weighted by Gasteiger charge is 2.32. The normalized spacial score (nSPS) is 15.1. The maximum atomic E-state index is 12.9. The van der Waals surface area contributed by atoms with E-state index in [1.807, 2.05) is 13.8 Å². The Bertz CT molecular complexity index is 799. The molecule has 0 heterocycles. The van der Waals surface area contributed by atoms with Crippen LogP contribution in [-0.2, 0) is 24.0 Å². The minimum absolute atomic E-state index is 0.0101. The molecule has 36 heavy (non-hydrogen) atoms. The van der Waals surface area contributed by atoms with E-state index in [0.717, 1.165) is 0 Å². The van der Waals surface area contributed by atoms with Gasteiger partial charge in [-0.2, -0.15) is 0 Å². The molecule has 0 aliphatic rings. The first kappa shape index (κ1) is 32.5. The molecule has 0 aromatic heterocycles. The second-order valence-corrected chi connectivity index (χ2v) is 8.88. The summed E-state index contributed by atoms with van der Waals surface area (Å²) >= 11 is 0. The lowest BCUT2D eigenvalue weighted by atomic mass is 10.0. The van der Waals surface area contributed by atoms with E-state index in [1.54, 1.807) is 0 Å². The lowest BCUT2D eigenvalue weighted by Gasteiger charge is -2.26. The zero-order chi connectivity index (χ0) is 28.0. The number of carboxylic acids is 1. The number of guanidine groups is 1. The molecule has 0 saturated heterocycles. The molecule has 5 unspecified atom stereocenters. The van der Waals surface area contributed by atoms with E-state index in [-0.39, 0.29) is 44.1 Å². The number of carbonyl (C=O) groups is 5. The highest BCUT2D eigenvalue weighted by atomic mass is 16.4. The monoisotopic (exact) mass is 516 g/mol. The van der Waals surface area contributed by atoms with Gasteiger partial charge >= 0.3 is 5.97 Å². The van der Waals surface area contributed by atoms with Gasteiger partial charge in [-0.1, -0.05) is 13.8 Å². The topological polar surface area (TPSA) is 278 Å². The number of aliphatic hydroxyl groups excluding tert-OH is 1. The third kappa shape index (κ3) is 13.4. The van der Waals surface area contributed by atoms with Crippen LogP contribution in [0, 0.1) is 5.92 Å². The van der Waals surface area contributed by atoms with Gasteiger partial charge < -0.3 is 49.1 Å². The van der Waals surface area contributed by atoms with Crippen LogP contribution in [0.1, 0.15) is 52.9 Å². The first-order valence-electron chi connectivity index (χ1n) is 11.6. The van der Waals surface area contributed by atoms with Gasteiger partial charge in [0.2, 0.25) is 23.6 Å². The summed E-state index contributed by atoms with van der Waals surface area (Å²) in [7, 11) is 0. The van der Waals surface area contributed by atoms with Crippen molar-refractivity contribution in [2.45, 2.75) is 83.1 Å². The maximum Gasteiger partial charge on any atom is 0.326 e. The summed E-state index contributed by atoms with van der Waals surface area (Å²) in [4.78, 5) is 64.4. The fourth-order valence-corrected chi connectivity index (χ4v) is 3.13. The molecule has 0 aromatic carbocycles. The summed E-state index contributed by atoms with van der Waals surface area (Å²) in [6.45, 7) is 5.12. The van der Waals surface area contributed by atoms with Crippen LogP contribution in [0.15, 0.2) is 4.99 Å². The number of hydrogen-bond acceptors (Lipinski definition) is 8. The first-order valence-corrected chi connectivity index (χ1v) is 11.6. The first-order chi connectivity index (χ1) is 16.6. The molecule has 0 bridgehead atoms. The number of aliphatic hydroxyl groups is 1. The van der Waals surface area contributed by atoms with Crippen LogP contribution in [0.5, 0.6) is 0 Å². The maximum absolute atomic E-state index is 12.9. The number of nitrogens with two attached hydrogens (primary N) is 4. The summed E-state index contributed by atoms with van der Waals surface area (Å²) in [5.41, 5.74) is 21.5. The molecular weight excluding hydrogens is 476 g/mol. The molecule has 0 aromatic rings. The zero-order valence-corrected chi connectivity index (χ0v) is 20.9. The molecular formula is C21H40N8O7. The second-order valence-electron chi connectivity index (χ2n) is 8.88. The fourth-order valence-electron chi connectivity index (χ4n) is 3.13. The number of primary amides is 1. The molecule has 206 valence electrons. The number of carbonyl (C=O) groups excluding carboxylic acids is 4. The van der Waals surface area contributed by atoms with Gasteiger partial charge in [0, 0.05) is 13.0 Å². The molecule has 5 atom stereocenters. The van der Waals surface area contributed by atoms with Crippen molar-refractivity contribution in [2.75, 3.05) is 6.54 Å². The molecule has 0 aliphatic carbocycles. The predicted octanol–water partition coefficient (Wildman–Crippen LogP) is -3.40. The average Bonchev–Trinajstić information content (AvgIpc) is 2.75. The Balaban J connectivity index is 5.58. The number of carboxylic acid groups (broad SMARTS) is 1. The Morgan fingerprint density at radius 1 is 0.861 bits per heavy atom. The van der Waals surface area contributed by atoms with Crippen LogP contribution in [0.4, 0.5) is 0 Å². The van der Waals surface area contributed by atoms with Crippen LogP contribution in [0.2, 0.25) is 0 Å². The number of nitrogens with one attached hydrogen (secondary N) is 3. The van der Waals surface area contributed by atoms with Crippen LogP contribution in [0.25, 0.3) is 0 Å². The molecule has 4 amide bonds.